The molecule has 0 aliphatic rings. The lowest BCUT2D eigenvalue weighted by Crippen LogP contribution is -2.31. The first-order chi connectivity index (χ1) is 8.65. The molecule has 94 valence electrons. The Hall–Kier alpha value is -1.18. The first-order valence-electron chi connectivity index (χ1n) is 5.08. The summed E-state index contributed by atoms with van der Waals surface area (Å²) in [6, 6.07) is 3.46. The number of carbonyl (C=O) groups excluding carboxylic acids is 2. The molecule has 0 unspecified atom stereocenters. The molecule has 0 saturated carbocycles. The number of nitrogens with one attached hydrogen (secondary N) is 1. The first-order valence-corrected chi connectivity index (χ1v) is 7.82. The van der Waals surface area contributed by atoms with Gasteiger partial charge in [-0.15, -0.1) is 22.7 Å². The summed E-state index contributed by atoms with van der Waals surface area (Å²) in [5, 5.41) is 6.07. The molecule has 0 atom stereocenters. The molecule has 4 nitrogen and oxygen atoms in total. The van der Waals surface area contributed by atoms with E-state index in [1.807, 2.05) is 12.3 Å². The number of thiophene rings is 1. The van der Waals surface area contributed by atoms with E-state index in [4.69, 9.17) is 0 Å². The maximum absolute atomic E-state index is 11.6. The third-order valence-electron chi connectivity index (χ3n) is 1.92. The van der Waals surface area contributed by atoms with Crippen LogP contribution in [0.4, 0.5) is 0 Å². The lowest BCUT2D eigenvalue weighted by Gasteiger charge is -2.00. The number of amides is 2. The summed E-state index contributed by atoms with van der Waals surface area (Å²) in [7, 11) is 0. The van der Waals surface area contributed by atoms with Crippen molar-refractivity contribution >= 4 is 46.2 Å². The number of carbonyl (C=O) groups is 2. The lowest BCUT2D eigenvalue weighted by atomic mass is 10.4. The highest BCUT2D eigenvalue weighted by Crippen LogP contribution is 2.21. The minimum atomic E-state index is -0.342. The molecule has 0 radical (unpaired) electrons. The Bertz CT molecular complexity index is 548. The molecule has 18 heavy (non-hydrogen) atoms. The smallest absolute Gasteiger partial charge is 0.267 e. The van der Waals surface area contributed by atoms with Crippen LogP contribution in [0.15, 0.2) is 27.2 Å². The van der Waals surface area contributed by atoms with Crippen LogP contribution in [0.5, 0.6) is 0 Å². The summed E-state index contributed by atoms with van der Waals surface area (Å²) in [4.78, 5) is 27.9. The highest BCUT2D eigenvalue weighted by molar-refractivity contribution is 8.01. The quantitative estimate of drug-likeness (QED) is 0.881. The SMILES string of the molecule is Cc1csc(SCC(=O)NC(=O)c2cccs2)n1. The normalized spacial score (nSPS) is 10.3. The number of aryl methyl sites for hydroxylation is 1. The standard InChI is InChI=1S/C11H10N2O2S3/c1-7-5-17-11(12-7)18-6-9(14)13-10(15)8-3-2-4-16-8/h2-5H,6H2,1H3,(H,13,14,15). The average Bonchev–Trinajstić information content (AvgIpc) is 2.97. The molecule has 0 aliphatic carbocycles. The second-order valence-corrected chi connectivity index (χ2v) is 6.43. The fourth-order valence-electron chi connectivity index (χ4n) is 1.16. The number of hydrogen-bond donors (Lipinski definition) is 1. The van der Waals surface area contributed by atoms with Crippen LogP contribution < -0.4 is 5.32 Å². The number of aromatic nitrogens is 1. The Morgan fingerprint density at radius 3 is 2.89 bits per heavy atom. The zero-order valence-electron chi connectivity index (χ0n) is 9.50. The van der Waals surface area contributed by atoms with E-state index in [1.165, 1.54) is 34.4 Å². The Labute approximate surface area is 116 Å². The zero-order chi connectivity index (χ0) is 13.0. The molecule has 2 heterocycles. The van der Waals surface area contributed by atoms with Crippen molar-refractivity contribution in [2.24, 2.45) is 0 Å². The minimum Gasteiger partial charge on any atom is -0.291 e. The van der Waals surface area contributed by atoms with E-state index in [2.05, 4.69) is 10.3 Å². The number of rotatable bonds is 4. The van der Waals surface area contributed by atoms with Crippen LogP contribution in [-0.4, -0.2) is 22.6 Å². The third kappa shape index (κ3) is 3.66. The molecule has 0 bridgehead atoms. The van der Waals surface area contributed by atoms with E-state index < -0.39 is 0 Å². The predicted molar refractivity (Wildman–Crippen MR) is 74.4 cm³/mol. The summed E-state index contributed by atoms with van der Waals surface area (Å²) in [5.74, 6) is -0.443. The van der Waals surface area contributed by atoms with Crippen molar-refractivity contribution in [2.75, 3.05) is 5.75 Å². The maximum Gasteiger partial charge on any atom is 0.267 e. The van der Waals surface area contributed by atoms with Gasteiger partial charge in [-0.3, -0.25) is 14.9 Å². The number of imide groups is 1. The second kappa shape index (κ2) is 6.12. The van der Waals surface area contributed by atoms with Crippen LogP contribution in [0.25, 0.3) is 0 Å². The lowest BCUT2D eigenvalue weighted by molar-refractivity contribution is -0.117. The van der Waals surface area contributed by atoms with Gasteiger partial charge in [0.25, 0.3) is 5.91 Å². The van der Waals surface area contributed by atoms with Crippen molar-refractivity contribution in [3.05, 3.63) is 33.5 Å². The van der Waals surface area contributed by atoms with Crippen LogP contribution in [0.3, 0.4) is 0 Å². The van der Waals surface area contributed by atoms with Crippen molar-refractivity contribution in [3.8, 4) is 0 Å². The molecule has 0 fully saturated rings. The third-order valence-corrected chi connectivity index (χ3v) is 4.93. The van der Waals surface area contributed by atoms with Crippen LogP contribution >= 0.6 is 34.4 Å². The van der Waals surface area contributed by atoms with Crippen molar-refractivity contribution in [3.63, 3.8) is 0 Å². The van der Waals surface area contributed by atoms with Gasteiger partial charge in [0, 0.05) is 11.1 Å². The van der Waals surface area contributed by atoms with Gasteiger partial charge in [0.2, 0.25) is 5.91 Å². The van der Waals surface area contributed by atoms with Gasteiger partial charge in [0.15, 0.2) is 4.34 Å². The van der Waals surface area contributed by atoms with Crippen LogP contribution in [0, 0.1) is 6.92 Å². The molecule has 2 aromatic heterocycles. The van der Waals surface area contributed by atoms with Gasteiger partial charge in [-0.2, -0.15) is 0 Å². The molecule has 0 saturated heterocycles. The first kappa shape index (κ1) is 13.3. The van der Waals surface area contributed by atoms with Crippen molar-refractivity contribution in [1.82, 2.24) is 10.3 Å². The van der Waals surface area contributed by atoms with E-state index in [9.17, 15) is 9.59 Å². The molecule has 0 aromatic carbocycles. The number of hydrogen-bond acceptors (Lipinski definition) is 6. The Morgan fingerprint density at radius 2 is 2.28 bits per heavy atom. The fourth-order valence-corrected chi connectivity index (χ4v) is 3.43. The van der Waals surface area contributed by atoms with Gasteiger partial charge in [0.05, 0.1) is 10.6 Å². The van der Waals surface area contributed by atoms with E-state index in [0.717, 1.165) is 10.0 Å². The predicted octanol–water partition coefficient (Wildman–Crippen LogP) is 2.56. The molecule has 2 rings (SSSR count). The Morgan fingerprint density at radius 1 is 1.44 bits per heavy atom. The fraction of sp³-hybridized carbons (Fsp3) is 0.182. The van der Waals surface area contributed by atoms with Crippen molar-refractivity contribution < 1.29 is 9.59 Å². The van der Waals surface area contributed by atoms with Gasteiger partial charge < -0.3 is 0 Å². The molecule has 7 heteroatoms. The molecular weight excluding hydrogens is 288 g/mol. The van der Waals surface area contributed by atoms with Gasteiger partial charge in [-0.05, 0) is 18.4 Å². The van der Waals surface area contributed by atoms with E-state index in [-0.39, 0.29) is 17.6 Å². The summed E-state index contributed by atoms with van der Waals surface area (Å²) in [5.41, 5.74) is 0.942. The highest BCUT2D eigenvalue weighted by Gasteiger charge is 2.12. The molecule has 0 spiro atoms. The van der Waals surface area contributed by atoms with Crippen LogP contribution in [0.2, 0.25) is 0 Å². The largest absolute Gasteiger partial charge is 0.291 e. The minimum absolute atomic E-state index is 0.198. The van der Waals surface area contributed by atoms with Gasteiger partial charge in [-0.1, -0.05) is 17.8 Å². The van der Waals surface area contributed by atoms with Crippen LogP contribution in [0.1, 0.15) is 15.4 Å². The summed E-state index contributed by atoms with van der Waals surface area (Å²) >= 11 is 4.14. The molecular formula is C11H10N2O2S3. The number of nitrogens with zero attached hydrogens (tertiary/aromatic N) is 1. The van der Waals surface area contributed by atoms with Gasteiger partial charge >= 0.3 is 0 Å². The molecule has 0 aliphatic heterocycles. The second-order valence-electron chi connectivity index (χ2n) is 3.40. The average molecular weight is 298 g/mol. The van der Waals surface area contributed by atoms with E-state index >= 15 is 0 Å². The molecule has 2 amide bonds. The zero-order valence-corrected chi connectivity index (χ0v) is 12.0. The van der Waals surface area contributed by atoms with E-state index in [0.29, 0.717) is 4.88 Å². The monoisotopic (exact) mass is 298 g/mol. The van der Waals surface area contributed by atoms with E-state index in [1.54, 1.807) is 17.5 Å². The summed E-state index contributed by atoms with van der Waals surface area (Å²) < 4.78 is 0.839. The molecule has 2 aromatic rings. The van der Waals surface area contributed by atoms with Crippen molar-refractivity contribution in [2.45, 2.75) is 11.3 Å². The maximum atomic E-state index is 11.6. The topological polar surface area (TPSA) is 59.1 Å². The highest BCUT2D eigenvalue weighted by atomic mass is 32.2. The van der Waals surface area contributed by atoms with Gasteiger partial charge in [-0.25, -0.2) is 4.98 Å². The Balaban J connectivity index is 1.80. The number of thioether (sulfide) groups is 1. The van der Waals surface area contributed by atoms with Gasteiger partial charge in [0.1, 0.15) is 0 Å². The van der Waals surface area contributed by atoms with Crippen molar-refractivity contribution in [1.29, 1.82) is 0 Å². The summed E-state index contributed by atoms with van der Waals surface area (Å²) in [6.45, 7) is 1.90. The van der Waals surface area contributed by atoms with Crippen LogP contribution in [-0.2, 0) is 4.79 Å². The molecule has 1 N–H and O–H groups in total. The Kier molecular flexibility index (Phi) is 4.51. The number of thiazole rings is 1. The summed E-state index contributed by atoms with van der Waals surface area (Å²) in [6.07, 6.45) is 0.